The zero-order valence-electron chi connectivity index (χ0n) is 29.9. The number of rotatable bonds is 12. The van der Waals surface area contributed by atoms with Crippen molar-refractivity contribution >= 4 is 23.5 Å². The number of hydrogen-bond donors (Lipinski definition) is 4. The van der Waals surface area contributed by atoms with Crippen LogP contribution in [-0.4, -0.2) is 98.8 Å². The highest BCUT2D eigenvalue weighted by Crippen LogP contribution is 2.61. The molecule has 4 fully saturated rings. The number of amides is 2. The fourth-order valence-electron chi connectivity index (χ4n) is 8.31. The van der Waals surface area contributed by atoms with Gasteiger partial charge < -0.3 is 35.2 Å². The molecule has 1 saturated heterocycles. The molecule has 6 rings (SSSR count). The summed E-state index contributed by atoms with van der Waals surface area (Å²) >= 11 is 0. The number of aliphatic hydroxyl groups is 2. The van der Waals surface area contributed by atoms with Crippen LogP contribution in [0.25, 0.3) is 11.1 Å². The van der Waals surface area contributed by atoms with E-state index in [-0.39, 0.29) is 37.1 Å². The maximum atomic E-state index is 14.2. The number of methoxy groups -OCH3 is 2. The van der Waals surface area contributed by atoms with Crippen molar-refractivity contribution in [3.8, 4) is 16.9 Å². The minimum Gasteiger partial charge on any atom is -0.496 e. The normalized spacial score (nSPS) is 27.8. The van der Waals surface area contributed by atoms with Gasteiger partial charge in [-0.2, -0.15) is 5.06 Å². The highest BCUT2D eigenvalue weighted by molar-refractivity contribution is 5.98. The number of carbonyl (C=O) groups excluding carboxylic acids is 3. The highest BCUT2D eigenvalue weighted by Gasteiger charge is 2.57. The van der Waals surface area contributed by atoms with Crippen LogP contribution < -0.4 is 20.3 Å². The van der Waals surface area contributed by atoms with Crippen LogP contribution in [0, 0.1) is 29.1 Å². The molecule has 8 atom stereocenters. The highest BCUT2D eigenvalue weighted by atomic mass is 16.7. The van der Waals surface area contributed by atoms with Gasteiger partial charge in [-0.05, 0) is 66.7 Å². The first-order valence-corrected chi connectivity index (χ1v) is 17.1. The molecular weight excluding hydrogens is 628 g/mol. The molecule has 0 radical (unpaired) electrons. The first kappa shape index (κ1) is 36.6. The predicted molar refractivity (Wildman–Crippen MR) is 185 cm³/mol. The molecule has 1 unspecified atom stereocenters. The Balaban J connectivity index is 1.45. The SMILES string of the molecule is COC(=O)CNC(=O)c1cc(-c2cccc(CN3O[C@@H](CO)[C@@H]([C@H](C)O)C3C(=O)N[C@H]3C[C@H]4C[C@@H]([C@@H]3C)C4(C)C)c2OC)cc(N(C)C)c1. The maximum absolute atomic E-state index is 14.2. The van der Waals surface area contributed by atoms with Crippen molar-refractivity contribution in [2.75, 3.05) is 46.4 Å². The van der Waals surface area contributed by atoms with E-state index in [0.717, 1.165) is 12.1 Å². The van der Waals surface area contributed by atoms with Gasteiger partial charge in [-0.3, -0.25) is 19.2 Å². The third-order valence-electron chi connectivity index (χ3n) is 11.3. The van der Waals surface area contributed by atoms with E-state index in [9.17, 15) is 24.6 Å². The van der Waals surface area contributed by atoms with Crippen LogP contribution in [0.3, 0.4) is 0 Å². The van der Waals surface area contributed by atoms with Gasteiger partial charge in [-0.25, -0.2) is 0 Å². The second-order valence-corrected chi connectivity index (χ2v) is 14.7. The van der Waals surface area contributed by atoms with Crippen molar-refractivity contribution in [1.82, 2.24) is 15.7 Å². The second kappa shape index (κ2) is 14.6. The fraction of sp³-hybridized carbons (Fsp3) is 0.595. The number of aliphatic hydroxyl groups excluding tert-OH is 2. The van der Waals surface area contributed by atoms with E-state index in [2.05, 4.69) is 36.1 Å². The van der Waals surface area contributed by atoms with Crippen LogP contribution in [0.1, 0.15) is 56.5 Å². The standard InChI is InChI=1S/C37H52N4O8/c1-20-28-15-25(37(28,3)4)16-29(20)39-36(46)33-32(21(2)43)30(19-42)49-41(33)18-22-10-9-11-27(34(22)48-8)23-12-24(14-26(13-23)40(5)6)35(45)38-17-31(44)47-7/h9-14,20-21,25,28-30,32-33,42-43H,15-19H2,1-8H3,(H,38,45)(H,39,46)/t20-,21-,25+,28-,29-,30-,32+,33?/m0/s1. The number of ether oxygens (including phenoxy) is 2. The Kier molecular flexibility index (Phi) is 10.9. The van der Waals surface area contributed by atoms with E-state index in [1.165, 1.54) is 13.5 Å². The maximum Gasteiger partial charge on any atom is 0.325 e. The molecule has 3 aliphatic carbocycles. The number of hydrogen-bond acceptors (Lipinski definition) is 10. The molecular formula is C37H52N4O8. The summed E-state index contributed by atoms with van der Waals surface area (Å²) in [7, 11) is 6.55. The second-order valence-electron chi connectivity index (χ2n) is 14.7. The average molecular weight is 681 g/mol. The number of nitrogens with one attached hydrogen (secondary N) is 2. The molecule has 12 nitrogen and oxygen atoms in total. The zero-order valence-corrected chi connectivity index (χ0v) is 29.9. The predicted octanol–water partition coefficient (Wildman–Crippen LogP) is 2.99. The van der Waals surface area contributed by atoms with E-state index in [0.29, 0.717) is 45.8 Å². The van der Waals surface area contributed by atoms with E-state index in [1.54, 1.807) is 31.2 Å². The van der Waals surface area contributed by atoms with Crippen molar-refractivity contribution in [3.05, 3.63) is 47.5 Å². The summed E-state index contributed by atoms with van der Waals surface area (Å²) in [5.41, 5.74) is 3.50. The molecule has 2 aromatic carbocycles. The number of nitrogens with zero attached hydrogens (tertiary/aromatic N) is 2. The lowest BCUT2D eigenvalue weighted by atomic mass is 9.45. The molecule has 4 N–H and O–H groups in total. The molecule has 0 spiro atoms. The largest absolute Gasteiger partial charge is 0.496 e. The Morgan fingerprint density at radius 2 is 1.88 bits per heavy atom. The van der Waals surface area contributed by atoms with Crippen molar-refractivity contribution in [3.63, 3.8) is 0 Å². The lowest BCUT2D eigenvalue weighted by Gasteiger charge is -2.62. The summed E-state index contributed by atoms with van der Waals surface area (Å²) in [5, 5.41) is 28.6. The number of anilines is 1. The Bertz CT molecular complexity index is 1540. The molecule has 3 saturated carbocycles. The minimum atomic E-state index is -0.917. The van der Waals surface area contributed by atoms with Gasteiger partial charge in [0.2, 0.25) is 5.91 Å². The number of carbonyl (C=O) groups is 3. The lowest BCUT2D eigenvalue weighted by Crippen LogP contribution is -2.62. The topological polar surface area (TPSA) is 150 Å². The Labute approximate surface area is 289 Å². The van der Waals surface area contributed by atoms with E-state index >= 15 is 0 Å². The fourth-order valence-corrected chi connectivity index (χ4v) is 8.31. The van der Waals surface area contributed by atoms with Crippen molar-refractivity contribution < 1.29 is 38.9 Å². The first-order chi connectivity index (χ1) is 23.2. The third kappa shape index (κ3) is 7.15. The number of benzene rings is 2. The summed E-state index contributed by atoms with van der Waals surface area (Å²) in [6.07, 6.45) is 0.413. The number of esters is 1. The van der Waals surface area contributed by atoms with Crippen molar-refractivity contribution in [2.45, 2.75) is 71.4 Å². The molecule has 1 heterocycles. The van der Waals surface area contributed by atoms with Crippen LogP contribution in [0.4, 0.5) is 5.69 Å². The Hall–Kier alpha value is -3.71. The van der Waals surface area contributed by atoms with Gasteiger partial charge in [-0.15, -0.1) is 0 Å². The van der Waals surface area contributed by atoms with Crippen LogP contribution >= 0.6 is 0 Å². The van der Waals surface area contributed by atoms with Gasteiger partial charge in [0.05, 0.1) is 33.5 Å². The van der Waals surface area contributed by atoms with E-state index in [4.69, 9.17) is 9.57 Å². The summed E-state index contributed by atoms with van der Waals surface area (Å²) in [6.45, 7) is 7.99. The molecule has 4 aliphatic rings. The molecule has 2 aromatic rings. The van der Waals surface area contributed by atoms with Gasteiger partial charge in [0.15, 0.2) is 0 Å². The first-order valence-electron chi connectivity index (χ1n) is 17.1. The third-order valence-corrected chi connectivity index (χ3v) is 11.3. The van der Waals surface area contributed by atoms with Gasteiger partial charge >= 0.3 is 5.97 Å². The molecule has 12 heteroatoms. The quantitative estimate of drug-likeness (QED) is 0.247. The summed E-state index contributed by atoms with van der Waals surface area (Å²) in [6, 6.07) is 10.2. The summed E-state index contributed by atoms with van der Waals surface area (Å²) in [4.78, 5) is 47.0. The number of para-hydroxylation sites is 1. The number of hydroxylamine groups is 2. The zero-order chi connectivity index (χ0) is 35.8. The number of fused-ring (bicyclic) bond motifs is 2. The van der Waals surface area contributed by atoms with Gasteiger partial charge in [-0.1, -0.05) is 39.0 Å². The van der Waals surface area contributed by atoms with E-state index in [1.807, 2.05) is 43.3 Å². The van der Waals surface area contributed by atoms with Crippen LogP contribution in [0.2, 0.25) is 0 Å². The smallest absolute Gasteiger partial charge is 0.325 e. The van der Waals surface area contributed by atoms with E-state index < -0.39 is 36.0 Å². The molecule has 268 valence electrons. The average Bonchev–Trinajstić information content (AvgIpc) is 3.45. The van der Waals surface area contributed by atoms with Crippen molar-refractivity contribution in [1.29, 1.82) is 0 Å². The summed E-state index contributed by atoms with van der Waals surface area (Å²) in [5.74, 6) is 0.0656. The Morgan fingerprint density at radius 3 is 2.47 bits per heavy atom. The molecule has 2 amide bonds. The van der Waals surface area contributed by atoms with Crippen molar-refractivity contribution in [2.24, 2.45) is 29.1 Å². The van der Waals surface area contributed by atoms with Gasteiger partial charge in [0.1, 0.15) is 24.4 Å². The van der Waals surface area contributed by atoms with Gasteiger partial charge in [0.25, 0.3) is 5.91 Å². The lowest BCUT2D eigenvalue weighted by molar-refractivity contribution is -0.183. The van der Waals surface area contributed by atoms with Crippen LogP contribution in [0.5, 0.6) is 5.75 Å². The monoisotopic (exact) mass is 680 g/mol. The van der Waals surface area contributed by atoms with Crippen LogP contribution in [0.15, 0.2) is 36.4 Å². The van der Waals surface area contributed by atoms with Gasteiger partial charge in [0, 0.05) is 48.4 Å². The molecule has 0 aromatic heterocycles. The Morgan fingerprint density at radius 1 is 1.14 bits per heavy atom. The molecule has 2 bridgehead atoms. The minimum absolute atomic E-state index is 0.0230. The summed E-state index contributed by atoms with van der Waals surface area (Å²) < 4.78 is 10.6. The van der Waals surface area contributed by atoms with Crippen LogP contribution in [-0.2, 0) is 25.7 Å². The molecule has 49 heavy (non-hydrogen) atoms. The molecule has 1 aliphatic heterocycles.